The molecule has 0 atom stereocenters. The Hall–Kier alpha value is -1.43. The molecule has 2 aliphatic carbocycles. The van der Waals surface area contributed by atoms with E-state index in [4.69, 9.17) is 5.84 Å². The topological polar surface area (TPSA) is 63.4 Å². The van der Waals surface area contributed by atoms with Gasteiger partial charge < -0.3 is 0 Å². The smallest absolute Gasteiger partial charge is 0.231 e. The van der Waals surface area contributed by atoms with E-state index in [9.17, 15) is 8.42 Å². The number of nitrogens with zero attached hydrogens (tertiary/aromatic N) is 1. The van der Waals surface area contributed by atoms with Gasteiger partial charge in [-0.3, -0.25) is 5.84 Å². The zero-order chi connectivity index (χ0) is 19.8. The molecular formula is C23H34N2O2S. The van der Waals surface area contributed by atoms with Gasteiger partial charge in [0.2, 0.25) is 10.0 Å². The maximum atomic E-state index is 13.0. The number of sulfonamides is 1. The van der Waals surface area contributed by atoms with E-state index in [0.29, 0.717) is 0 Å². The van der Waals surface area contributed by atoms with E-state index in [1.54, 1.807) is 0 Å². The minimum Gasteiger partial charge on any atom is -0.255 e. The first-order valence-electron chi connectivity index (χ1n) is 10.8. The molecule has 0 spiro atoms. The van der Waals surface area contributed by atoms with E-state index >= 15 is 0 Å². The van der Waals surface area contributed by atoms with Crippen LogP contribution in [0.2, 0.25) is 0 Å². The van der Waals surface area contributed by atoms with Crippen molar-refractivity contribution >= 4 is 10.0 Å². The summed E-state index contributed by atoms with van der Waals surface area (Å²) in [5.74, 6) is 6.17. The second-order valence-corrected chi connectivity index (χ2v) is 10.0. The van der Waals surface area contributed by atoms with Crippen LogP contribution in [-0.2, 0) is 28.6 Å². The summed E-state index contributed by atoms with van der Waals surface area (Å²) in [5.41, 5.74) is 3.29. The molecule has 0 unspecified atom stereocenters. The molecule has 0 aliphatic heterocycles. The van der Waals surface area contributed by atoms with Gasteiger partial charge in [0.25, 0.3) is 0 Å². The van der Waals surface area contributed by atoms with Gasteiger partial charge >= 0.3 is 0 Å². The lowest BCUT2D eigenvalue weighted by atomic mass is 9.98. The van der Waals surface area contributed by atoms with E-state index in [2.05, 4.69) is 24.3 Å². The molecule has 5 heteroatoms. The van der Waals surface area contributed by atoms with Crippen molar-refractivity contribution in [2.24, 2.45) is 5.84 Å². The molecule has 0 amide bonds. The number of hydrogen-bond donors (Lipinski definition) is 1. The van der Waals surface area contributed by atoms with Crippen molar-refractivity contribution in [1.82, 2.24) is 4.41 Å². The molecule has 4 nitrogen and oxygen atoms in total. The van der Waals surface area contributed by atoms with E-state index in [-0.39, 0.29) is 11.8 Å². The molecule has 154 valence electrons. The average Bonchev–Trinajstić information content (AvgIpc) is 2.66. The fraction of sp³-hybridized carbons (Fsp3) is 0.565. The summed E-state index contributed by atoms with van der Waals surface area (Å²) >= 11 is 0. The molecule has 28 heavy (non-hydrogen) atoms. The molecule has 0 aromatic heterocycles. The first kappa shape index (κ1) is 21.3. The van der Waals surface area contributed by atoms with Crippen LogP contribution in [0.4, 0.5) is 0 Å². The van der Waals surface area contributed by atoms with Crippen LogP contribution in [0, 0.1) is 0 Å². The Balaban J connectivity index is 1.70. The molecule has 2 N–H and O–H groups in total. The predicted octanol–water partition coefficient (Wildman–Crippen LogP) is 4.80. The Labute approximate surface area is 170 Å². The van der Waals surface area contributed by atoms with Crippen LogP contribution in [0.1, 0.15) is 74.5 Å². The highest BCUT2D eigenvalue weighted by Crippen LogP contribution is 2.23. The van der Waals surface area contributed by atoms with Gasteiger partial charge in [-0.25, -0.2) is 8.42 Å². The lowest BCUT2D eigenvalue weighted by Gasteiger charge is -2.28. The van der Waals surface area contributed by atoms with Crippen LogP contribution in [0.15, 0.2) is 42.5 Å². The standard InChI is InChI=1S/C23H34N2O2S/c24-25(23-14-10-4-2-1-3-5-11-15-23)28(26,27)19-20-16-17-21-12-8-6-7-9-13-22(21)18-20/h6-9,16-18,23H,1-5,10-15,19,24H2. The van der Waals surface area contributed by atoms with Crippen LogP contribution in [0.5, 0.6) is 0 Å². The van der Waals surface area contributed by atoms with Crippen molar-refractivity contribution in [2.45, 2.75) is 82.4 Å². The maximum Gasteiger partial charge on any atom is 0.231 e. The van der Waals surface area contributed by atoms with Crippen molar-refractivity contribution in [2.75, 3.05) is 0 Å². The van der Waals surface area contributed by atoms with Gasteiger partial charge in [-0.1, -0.05) is 87.4 Å². The molecule has 1 saturated carbocycles. The Bertz CT molecular complexity index is 789. The Morgan fingerprint density at radius 1 is 0.857 bits per heavy atom. The molecule has 0 heterocycles. The molecule has 1 aromatic rings. The lowest BCUT2D eigenvalue weighted by molar-refractivity contribution is 0.277. The Morgan fingerprint density at radius 3 is 2.07 bits per heavy atom. The predicted molar refractivity (Wildman–Crippen MR) is 116 cm³/mol. The van der Waals surface area contributed by atoms with E-state index in [0.717, 1.165) is 44.1 Å². The van der Waals surface area contributed by atoms with E-state index in [1.165, 1.54) is 47.6 Å². The normalized spacial score (nSPS) is 19.8. The molecule has 2 aliphatic rings. The molecular weight excluding hydrogens is 368 g/mol. The highest BCUT2D eigenvalue weighted by molar-refractivity contribution is 7.88. The molecule has 0 saturated heterocycles. The van der Waals surface area contributed by atoms with Crippen LogP contribution in [0.25, 0.3) is 0 Å². The number of hydrogen-bond acceptors (Lipinski definition) is 3. The van der Waals surface area contributed by atoms with Gasteiger partial charge in [-0.15, -0.1) is 4.41 Å². The fourth-order valence-electron chi connectivity index (χ4n) is 4.26. The summed E-state index contributed by atoms with van der Waals surface area (Å²) < 4.78 is 27.2. The maximum absolute atomic E-state index is 13.0. The monoisotopic (exact) mass is 402 g/mol. The van der Waals surface area contributed by atoms with Crippen LogP contribution in [0.3, 0.4) is 0 Å². The van der Waals surface area contributed by atoms with Gasteiger partial charge in [0.15, 0.2) is 0 Å². The molecule has 0 radical (unpaired) electrons. The van der Waals surface area contributed by atoms with Gasteiger partial charge in [0.05, 0.1) is 5.75 Å². The molecule has 1 aromatic carbocycles. The first-order chi connectivity index (χ1) is 13.6. The van der Waals surface area contributed by atoms with Crippen molar-refractivity contribution in [3.8, 4) is 0 Å². The molecule has 0 bridgehead atoms. The van der Waals surface area contributed by atoms with Crippen molar-refractivity contribution in [1.29, 1.82) is 0 Å². The van der Waals surface area contributed by atoms with Crippen LogP contribution in [-0.4, -0.2) is 18.9 Å². The van der Waals surface area contributed by atoms with Gasteiger partial charge in [0.1, 0.15) is 0 Å². The van der Waals surface area contributed by atoms with E-state index < -0.39 is 10.0 Å². The fourth-order valence-corrected chi connectivity index (χ4v) is 5.68. The summed E-state index contributed by atoms with van der Waals surface area (Å²) in [6.45, 7) is 0. The van der Waals surface area contributed by atoms with Crippen molar-refractivity contribution in [3.05, 3.63) is 59.2 Å². The van der Waals surface area contributed by atoms with Crippen LogP contribution < -0.4 is 5.84 Å². The van der Waals surface area contributed by atoms with Crippen molar-refractivity contribution in [3.63, 3.8) is 0 Å². The number of fused-ring (bicyclic) bond motifs is 1. The zero-order valence-electron chi connectivity index (χ0n) is 16.9. The number of allylic oxidation sites excluding steroid dienone is 4. The molecule has 1 fully saturated rings. The summed E-state index contributed by atoms with van der Waals surface area (Å²) in [6.07, 6.45) is 20.1. The minimum atomic E-state index is -3.53. The second kappa shape index (κ2) is 10.4. The summed E-state index contributed by atoms with van der Waals surface area (Å²) in [6, 6.07) is 5.97. The third-order valence-electron chi connectivity index (χ3n) is 5.93. The summed E-state index contributed by atoms with van der Waals surface area (Å²) in [4.78, 5) is 0. The minimum absolute atomic E-state index is 0.0210. The van der Waals surface area contributed by atoms with Crippen LogP contribution >= 0.6 is 0 Å². The highest BCUT2D eigenvalue weighted by Gasteiger charge is 2.27. The van der Waals surface area contributed by atoms with Gasteiger partial charge in [-0.05, 0) is 42.4 Å². The number of benzene rings is 1. The summed E-state index contributed by atoms with van der Waals surface area (Å²) in [7, 11) is -3.53. The quantitative estimate of drug-likeness (QED) is 0.581. The number of hydrazine groups is 1. The summed E-state index contributed by atoms with van der Waals surface area (Å²) in [5, 5.41) is 0. The average molecular weight is 403 g/mol. The Morgan fingerprint density at radius 2 is 1.43 bits per heavy atom. The highest BCUT2D eigenvalue weighted by atomic mass is 32.2. The number of rotatable bonds is 4. The third kappa shape index (κ3) is 6.03. The third-order valence-corrected chi connectivity index (χ3v) is 7.57. The number of nitrogens with two attached hydrogens (primary N) is 1. The first-order valence-corrected chi connectivity index (χ1v) is 12.4. The second-order valence-electron chi connectivity index (χ2n) is 8.16. The Kier molecular flexibility index (Phi) is 7.89. The SMILES string of the molecule is NN(C1CCCCCCCCC1)S(=O)(=O)Cc1ccc2c(c1)CC=CC=CC2. The van der Waals surface area contributed by atoms with E-state index in [1.807, 2.05) is 18.2 Å². The largest absolute Gasteiger partial charge is 0.255 e. The lowest BCUT2D eigenvalue weighted by Crippen LogP contribution is -2.46. The van der Waals surface area contributed by atoms with Crippen molar-refractivity contribution < 1.29 is 8.42 Å². The van der Waals surface area contributed by atoms with Gasteiger partial charge in [-0.2, -0.15) is 0 Å². The zero-order valence-corrected chi connectivity index (χ0v) is 17.7. The van der Waals surface area contributed by atoms with Gasteiger partial charge in [0, 0.05) is 6.04 Å². The molecule has 3 rings (SSSR count).